The lowest BCUT2D eigenvalue weighted by Gasteiger charge is -2.12. The van der Waals surface area contributed by atoms with Crippen LogP contribution in [0.4, 0.5) is 4.39 Å². The van der Waals surface area contributed by atoms with Gasteiger partial charge >= 0.3 is 5.97 Å². The first-order valence-electron chi connectivity index (χ1n) is 6.81. The van der Waals surface area contributed by atoms with Gasteiger partial charge in [-0.05, 0) is 25.0 Å². The van der Waals surface area contributed by atoms with E-state index in [4.69, 9.17) is 27.9 Å². The molecule has 0 spiro atoms. The van der Waals surface area contributed by atoms with Crippen LogP contribution in [0.1, 0.15) is 18.9 Å². The molecule has 1 aliphatic carbocycles. The molecule has 0 aromatic heterocycles. The first-order chi connectivity index (χ1) is 10.3. The molecule has 0 aliphatic heterocycles. The van der Waals surface area contributed by atoms with Gasteiger partial charge in [-0.25, -0.2) is 4.39 Å². The molecule has 0 saturated heterocycles. The van der Waals surface area contributed by atoms with Crippen molar-refractivity contribution in [1.82, 2.24) is 5.32 Å². The number of carbonyl (C=O) groups is 2. The van der Waals surface area contributed by atoms with Crippen molar-refractivity contribution in [1.29, 1.82) is 0 Å². The van der Waals surface area contributed by atoms with Crippen molar-refractivity contribution < 1.29 is 18.7 Å². The summed E-state index contributed by atoms with van der Waals surface area (Å²) in [5, 5.41) is 2.56. The standard InChI is InChI=1S/C15H16Cl2FNO3/c1-14(9-15(14,16)17)13(21)22-8-12(20)19-7-6-10-4-2-3-5-11(10)18/h2-5H,6-9H2,1H3,(H,19,20)/t14-/m1/s1. The third-order valence-electron chi connectivity index (χ3n) is 3.72. The minimum atomic E-state index is -1.12. The number of amides is 1. The minimum absolute atomic E-state index is 0.254. The third kappa shape index (κ3) is 3.70. The predicted molar refractivity (Wildman–Crippen MR) is 81.2 cm³/mol. The third-order valence-corrected chi connectivity index (χ3v) is 4.82. The average Bonchev–Trinajstić information content (AvgIpc) is 2.98. The van der Waals surface area contributed by atoms with Crippen LogP contribution in [-0.4, -0.2) is 29.4 Å². The molecule has 22 heavy (non-hydrogen) atoms. The van der Waals surface area contributed by atoms with Crippen LogP contribution in [-0.2, 0) is 20.7 Å². The van der Waals surface area contributed by atoms with Gasteiger partial charge in [-0.3, -0.25) is 9.59 Å². The second-order valence-electron chi connectivity index (χ2n) is 5.48. The summed E-state index contributed by atoms with van der Waals surface area (Å²) in [4.78, 5) is 23.3. The fourth-order valence-corrected chi connectivity index (χ4v) is 2.69. The molecule has 120 valence electrons. The molecular weight excluding hydrogens is 332 g/mol. The maximum absolute atomic E-state index is 13.4. The summed E-state index contributed by atoms with van der Waals surface area (Å²) in [6.45, 7) is 1.44. The molecule has 2 rings (SSSR count). The van der Waals surface area contributed by atoms with E-state index in [1.807, 2.05) is 0 Å². The smallest absolute Gasteiger partial charge is 0.315 e. The van der Waals surface area contributed by atoms with E-state index in [1.165, 1.54) is 6.07 Å². The zero-order valence-corrected chi connectivity index (χ0v) is 13.5. The first kappa shape index (κ1) is 17.0. The van der Waals surface area contributed by atoms with Crippen LogP contribution < -0.4 is 5.32 Å². The Hall–Kier alpha value is -1.33. The van der Waals surface area contributed by atoms with E-state index >= 15 is 0 Å². The van der Waals surface area contributed by atoms with Gasteiger partial charge in [-0.2, -0.15) is 0 Å². The Balaban J connectivity index is 1.69. The number of benzene rings is 1. The Bertz CT molecular complexity index is 594. The Morgan fingerprint density at radius 3 is 2.59 bits per heavy atom. The highest BCUT2D eigenvalue weighted by Gasteiger charge is 2.69. The fraction of sp³-hybridized carbons (Fsp3) is 0.467. The van der Waals surface area contributed by atoms with E-state index in [0.717, 1.165) is 0 Å². The first-order valence-corrected chi connectivity index (χ1v) is 7.57. The monoisotopic (exact) mass is 347 g/mol. The summed E-state index contributed by atoms with van der Waals surface area (Å²) >= 11 is 11.7. The summed E-state index contributed by atoms with van der Waals surface area (Å²) < 4.78 is 17.2. The number of halogens is 3. The molecule has 4 nitrogen and oxygen atoms in total. The molecule has 0 bridgehead atoms. The lowest BCUT2D eigenvalue weighted by atomic mass is 10.1. The molecule has 1 aromatic carbocycles. The Kier molecular flexibility index (Phi) is 4.97. The quantitative estimate of drug-likeness (QED) is 0.635. The number of hydrogen-bond acceptors (Lipinski definition) is 3. The van der Waals surface area contributed by atoms with Crippen molar-refractivity contribution in [3.63, 3.8) is 0 Å². The van der Waals surface area contributed by atoms with Crippen LogP contribution in [0.3, 0.4) is 0 Å². The number of rotatable bonds is 6. The van der Waals surface area contributed by atoms with Crippen LogP contribution in [0.25, 0.3) is 0 Å². The van der Waals surface area contributed by atoms with Gasteiger partial charge in [0.05, 0.1) is 0 Å². The number of nitrogens with one attached hydrogen (secondary N) is 1. The highest BCUT2D eigenvalue weighted by Crippen LogP contribution is 2.64. The highest BCUT2D eigenvalue weighted by atomic mass is 35.5. The van der Waals surface area contributed by atoms with Gasteiger partial charge in [0.15, 0.2) is 6.61 Å². The molecule has 0 unspecified atom stereocenters. The number of carbonyl (C=O) groups excluding carboxylic acids is 2. The Labute approximate surface area is 137 Å². The summed E-state index contributed by atoms with van der Waals surface area (Å²) in [6.07, 6.45) is 0.660. The molecule has 0 heterocycles. The normalized spacial score (nSPS) is 22.0. The summed E-state index contributed by atoms with van der Waals surface area (Å²) in [7, 11) is 0. The largest absolute Gasteiger partial charge is 0.455 e. The Morgan fingerprint density at radius 2 is 2.00 bits per heavy atom. The summed E-state index contributed by atoms with van der Waals surface area (Å²) in [5.74, 6) is -1.36. The number of esters is 1. The molecule has 1 aromatic rings. The second kappa shape index (κ2) is 6.42. The van der Waals surface area contributed by atoms with Crippen molar-refractivity contribution in [2.45, 2.75) is 24.1 Å². The van der Waals surface area contributed by atoms with Crippen LogP contribution in [0, 0.1) is 11.2 Å². The number of alkyl halides is 2. The van der Waals surface area contributed by atoms with Crippen molar-refractivity contribution >= 4 is 35.1 Å². The van der Waals surface area contributed by atoms with Crippen molar-refractivity contribution in [2.24, 2.45) is 5.41 Å². The zero-order valence-electron chi connectivity index (χ0n) is 12.0. The molecule has 1 amide bonds. The SMILES string of the molecule is C[C@]1(C(=O)OCC(=O)NCCc2ccccc2F)CC1(Cl)Cl. The lowest BCUT2D eigenvalue weighted by molar-refractivity contribution is -0.153. The number of ether oxygens (including phenoxy) is 1. The van der Waals surface area contributed by atoms with Gasteiger partial charge in [-0.1, -0.05) is 18.2 Å². The summed E-state index contributed by atoms with van der Waals surface area (Å²) in [6, 6.07) is 6.34. The van der Waals surface area contributed by atoms with E-state index in [2.05, 4.69) is 5.32 Å². The maximum atomic E-state index is 13.4. The van der Waals surface area contributed by atoms with Crippen LogP contribution in [0.5, 0.6) is 0 Å². The lowest BCUT2D eigenvalue weighted by Crippen LogP contribution is -2.32. The predicted octanol–water partition coefficient (Wildman–Crippen LogP) is 2.61. The average molecular weight is 348 g/mol. The van der Waals surface area contributed by atoms with E-state index in [-0.39, 0.29) is 12.4 Å². The van der Waals surface area contributed by atoms with E-state index in [1.54, 1.807) is 25.1 Å². The maximum Gasteiger partial charge on any atom is 0.315 e. The van der Waals surface area contributed by atoms with Crippen molar-refractivity contribution in [2.75, 3.05) is 13.2 Å². The van der Waals surface area contributed by atoms with Crippen LogP contribution in [0.15, 0.2) is 24.3 Å². The van der Waals surface area contributed by atoms with Gasteiger partial charge in [0, 0.05) is 13.0 Å². The number of hydrogen-bond donors (Lipinski definition) is 1. The van der Waals surface area contributed by atoms with Gasteiger partial charge in [0.1, 0.15) is 15.6 Å². The van der Waals surface area contributed by atoms with Gasteiger partial charge in [0.25, 0.3) is 5.91 Å². The molecule has 1 aliphatic rings. The van der Waals surface area contributed by atoms with Crippen LogP contribution >= 0.6 is 23.2 Å². The fourth-order valence-electron chi connectivity index (χ4n) is 2.00. The molecule has 7 heteroatoms. The molecule has 0 radical (unpaired) electrons. The minimum Gasteiger partial charge on any atom is -0.455 e. The molecular formula is C15H16Cl2FNO3. The van der Waals surface area contributed by atoms with Gasteiger partial charge < -0.3 is 10.1 Å². The second-order valence-corrected chi connectivity index (χ2v) is 6.96. The molecule has 1 saturated carbocycles. The van der Waals surface area contributed by atoms with Crippen LogP contribution in [0.2, 0.25) is 0 Å². The molecule has 1 atom stereocenters. The Morgan fingerprint density at radius 1 is 1.36 bits per heavy atom. The zero-order chi connectivity index (χ0) is 16.4. The van der Waals surface area contributed by atoms with Crippen molar-refractivity contribution in [3.05, 3.63) is 35.6 Å². The topological polar surface area (TPSA) is 55.4 Å². The van der Waals surface area contributed by atoms with Crippen molar-refractivity contribution in [3.8, 4) is 0 Å². The summed E-state index contributed by atoms with van der Waals surface area (Å²) in [5.41, 5.74) is -0.442. The van der Waals surface area contributed by atoms with Gasteiger partial charge in [-0.15, -0.1) is 23.2 Å². The molecule has 1 N–H and O–H groups in total. The van der Waals surface area contributed by atoms with E-state index in [0.29, 0.717) is 18.4 Å². The highest BCUT2D eigenvalue weighted by molar-refractivity contribution is 6.53. The van der Waals surface area contributed by atoms with E-state index < -0.39 is 28.2 Å². The molecule has 1 fully saturated rings. The van der Waals surface area contributed by atoms with E-state index in [9.17, 15) is 14.0 Å². The van der Waals surface area contributed by atoms with Gasteiger partial charge in [0.2, 0.25) is 0 Å².